The molecule has 0 aliphatic carbocycles. The Bertz CT molecular complexity index is 1330. The standard InChI is InChI=1S/C20H14N2O6S4/c23-10-7-14(31-11-3-4-28-17(10)11)32-12-8-30-19-15(18(25)22(19)16(12)20(26)27)21-13(24)6-9-2-1-5-29-9/h1-5,7,15,19H,6,8H2,(H,21,24)(H,26,27)/t15?,19-/m0/s1. The molecule has 3 aromatic rings. The summed E-state index contributed by atoms with van der Waals surface area (Å²) in [6.07, 6.45) is 1.61. The van der Waals surface area contributed by atoms with Crippen molar-refractivity contribution < 1.29 is 23.9 Å². The Morgan fingerprint density at radius 1 is 1.31 bits per heavy atom. The third-order valence-electron chi connectivity index (χ3n) is 4.90. The molecule has 8 nitrogen and oxygen atoms in total. The number of thiophene rings is 1. The van der Waals surface area contributed by atoms with Gasteiger partial charge in [-0.15, -0.1) is 34.4 Å². The average molecular weight is 507 g/mol. The highest BCUT2D eigenvalue weighted by Gasteiger charge is 2.54. The first-order valence-corrected chi connectivity index (χ1v) is 12.9. The summed E-state index contributed by atoms with van der Waals surface area (Å²) in [5, 5.41) is 14.0. The van der Waals surface area contributed by atoms with Gasteiger partial charge in [-0.25, -0.2) is 4.79 Å². The van der Waals surface area contributed by atoms with Crippen molar-refractivity contribution in [1.29, 1.82) is 0 Å². The number of nitrogens with zero attached hydrogens (tertiary/aromatic N) is 1. The van der Waals surface area contributed by atoms with Gasteiger partial charge in [0, 0.05) is 21.6 Å². The Kier molecular flexibility index (Phi) is 5.61. The van der Waals surface area contributed by atoms with E-state index in [0.29, 0.717) is 19.6 Å². The van der Waals surface area contributed by atoms with E-state index in [4.69, 9.17) is 4.42 Å². The smallest absolute Gasteiger partial charge is 0.353 e. The topological polar surface area (TPSA) is 117 Å². The van der Waals surface area contributed by atoms with Gasteiger partial charge in [0.15, 0.2) is 5.58 Å². The van der Waals surface area contributed by atoms with Crippen molar-refractivity contribution in [3.63, 3.8) is 0 Å². The summed E-state index contributed by atoms with van der Waals surface area (Å²) < 4.78 is 6.46. The maximum absolute atomic E-state index is 12.8. The fourth-order valence-electron chi connectivity index (χ4n) is 3.50. The molecule has 1 unspecified atom stereocenters. The number of thioether (sulfide) groups is 2. The molecule has 1 saturated heterocycles. The van der Waals surface area contributed by atoms with Crippen molar-refractivity contribution in [1.82, 2.24) is 10.2 Å². The van der Waals surface area contributed by atoms with Crippen LogP contribution >= 0.6 is 46.2 Å². The van der Waals surface area contributed by atoms with Crippen LogP contribution in [0.15, 0.2) is 59.9 Å². The van der Waals surface area contributed by atoms with E-state index in [1.165, 1.54) is 63.4 Å². The van der Waals surface area contributed by atoms with Gasteiger partial charge in [0.2, 0.25) is 11.3 Å². The molecule has 3 aromatic heterocycles. The van der Waals surface area contributed by atoms with Gasteiger partial charge < -0.3 is 14.8 Å². The fraction of sp³-hybridized carbons (Fsp3) is 0.200. The number of nitrogens with one attached hydrogen (secondary N) is 1. The summed E-state index contributed by atoms with van der Waals surface area (Å²) in [6, 6.07) is 6.04. The summed E-state index contributed by atoms with van der Waals surface area (Å²) in [4.78, 5) is 51.9. The lowest BCUT2D eigenvalue weighted by Gasteiger charge is -2.49. The molecule has 164 valence electrons. The lowest BCUT2D eigenvalue weighted by Crippen LogP contribution is -2.70. The van der Waals surface area contributed by atoms with Gasteiger partial charge in [0.05, 0.1) is 21.6 Å². The predicted octanol–water partition coefficient (Wildman–Crippen LogP) is 2.95. The van der Waals surface area contributed by atoms with Crippen molar-refractivity contribution >= 4 is 74.3 Å². The highest BCUT2D eigenvalue weighted by Crippen LogP contribution is 2.46. The first kappa shape index (κ1) is 21.3. The van der Waals surface area contributed by atoms with Crippen molar-refractivity contribution in [2.24, 2.45) is 0 Å². The number of fused-ring (bicyclic) bond motifs is 2. The van der Waals surface area contributed by atoms with E-state index >= 15 is 0 Å². The van der Waals surface area contributed by atoms with Crippen LogP contribution in [-0.2, 0) is 20.8 Å². The number of rotatable bonds is 6. The van der Waals surface area contributed by atoms with E-state index in [1.54, 1.807) is 6.07 Å². The number of hydrogen-bond acceptors (Lipinski definition) is 9. The molecular weight excluding hydrogens is 492 g/mol. The molecule has 5 rings (SSSR count). The van der Waals surface area contributed by atoms with Crippen molar-refractivity contribution in [2.75, 3.05) is 5.75 Å². The third-order valence-corrected chi connectivity index (χ3v) is 9.51. The van der Waals surface area contributed by atoms with Crippen LogP contribution in [0.2, 0.25) is 0 Å². The third kappa shape index (κ3) is 3.76. The highest BCUT2D eigenvalue weighted by atomic mass is 32.2. The van der Waals surface area contributed by atoms with Gasteiger partial charge in [-0.2, -0.15) is 0 Å². The molecule has 0 radical (unpaired) electrons. The highest BCUT2D eigenvalue weighted by molar-refractivity contribution is 8.07. The SMILES string of the molecule is O=C(Cc1cccs1)NC1C(=O)N2C(C(=O)O)=C(Sc3cc(=O)c4occc4s3)CS[C@@H]12. The Morgan fingerprint density at radius 3 is 2.91 bits per heavy atom. The molecule has 1 fully saturated rings. The zero-order valence-electron chi connectivity index (χ0n) is 16.1. The number of carbonyl (C=O) groups excluding carboxylic acids is 2. The van der Waals surface area contributed by atoms with Crippen molar-refractivity contribution in [3.8, 4) is 0 Å². The van der Waals surface area contributed by atoms with Crippen molar-refractivity contribution in [3.05, 3.63) is 61.6 Å². The molecule has 2 aliphatic rings. The first-order chi connectivity index (χ1) is 15.4. The lowest BCUT2D eigenvalue weighted by atomic mass is 10.0. The molecule has 12 heteroatoms. The van der Waals surface area contributed by atoms with Gasteiger partial charge in [-0.3, -0.25) is 19.3 Å². The number of β-lactam (4-membered cyclic amide) rings is 1. The number of amides is 2. The molecule has 2 aliphatic heterocycles. The minimum atomic E-state index is -1.22. The van der Waals surface area contributed by atoms with Crippen LogP contribution in [0.4, 0.5) is 0 Å². The predicted molar refractivity (Wildman–Crippen MR) is 124 cm³/mol. The molecule has 2 N–H and O–H groups in total. The van der Waals surface area contributed by atoms with E-state index < -0.39 is 23.3 Å². The molecule has 0 aromatic carbocycles. The number of carboxylic acid groups (broad SMARTS) is 1. The fourth-order valence-corrected chi connectivity index (χ4v) is 8.02. The number of carbonyl (C=O) groups is 3. The Labute approximate surface area is 197 Å². The van der Waals surface area contributed by atoms with E-state index in [1.807, 2.05) is 17.5 Å². The molecular formula is C20H14N2O6S4. The Hall–Kier alpha value is -2.54. The number of hydrogen-bond donors (Lipinski definition) is 2. The van der Waals surface area contributed by atoms with E-state index in [2.05, 4.69) is 5.32 Å². The van der Waals surface area contributed by atoms with Gasteiger partial charge in [-0.1, -0.05) is 17.8 Å². The van der Waals surface area contributed by atoms with Crippen LogP contribution in [0.3, 0.4) is 0 Å². The minimum absolute atomic E-state index is 0.0977. The molecule has 2 atom stereocenters. The summed E-state index contributed by atoms with van der Waals surface area (Å²) in [7, 11) is 0. The first-order valence-electron chi connectivity index (χ1n) is 9.34. The zero-order chi connectivity index (χ0) is 22.4. The second kappa shape index (κ2) is 8.43. The molecule has 0 bridgehead atoms. The van der Waals surface area contributed by atoms with Crippen LogP contribution < -0.4 is 10.7 Å². The van der Waals surface area contributed by atoms with Crippen LogP contribution in [0.1, 0.15) is 4.88 Å². The van der Waals surface area contributed by atoms with Gasteiger partial charge in [0.25, 0.3) is 5.91 Å². The number of furan rings is 1. The van der Waals surface area contributed by atoms with E-state index in [-0.39, 0.29) is 29.0 Å². The Balaban J connectivity index is 1.36. The summed E-state index contributed by atoms with van der Waals surface area (Å²) in [6.45, 7) is 0. The molecule has 32 heavy (non-hydrogen) atoms. The van der Waals surface area contributed by atoms with Gasteiger partial charge in [-0.05, 0) is 17.5 Å². The summed E-state index contributed by atoms with van der Waals surface area (Å²) in [5.41, 5.74) is -0.109. The van der Waals surface area contributed by atoms with E-state index in [9.17, 15) is 24.3 Å². The van der Waals surface area contributed by atoms with Crippen molar-refractivity contribution in [2.45, 2.75) is 22.0 Å². The quantitative estimate of drug-likeness (QED) is 0.490. The number of carboxylic acids is 1. The van der Waals surface area contributed by atoms with Crippen LogP contribution in [0.5, 0.6) is 0 Å². The van der Waals surface area contributed by atoms with Crippen LogP contribution in [0, 0.1) is 0 Å². The maximum Gasteiger partial charge on any atom is 0.353 e. The van der Waals surface area contributed by atoms with E-state index in [0.717, 1.165) is 4.88 Å². The monoisotopic (exact) mass is 506 g/mol. The molecule has 0 saturated carbocycles. The average Bonchev–Trinajstić information content (AvgIpc) is 3.43. The zero-order valence-corrected chi connectivity index (χ0v) is 19.4. The maximum atomic E-state index is 12.8. The largest absolute Gasteiger partial charge is 0.477 e. The number of aliphatic carboxylic acids is 1. The summed E-state index contributed by atoms with van der Waals surface area (Å²) in [5.74, 6) is -1.59. The second-order valence-corrected chi connectivity index (χ2v) is 11.5. The summed E-state index contributed by atoms with van der Waals surface area (Å²) >= 11 is 5.34. The van der Waals surface area contributed by atoms with Gasteiger partial charge >= 0.3 is 5.97 Å². The molecule has 5 heterocycles. The molecule has 2 amide bonds. The van der Waals surface area contributed by atoms with Crippen LogP contribution in [-0.4, -0.2) is 45.0 Å². The minimum Gasteiger partial charge on any atom is -0.477 e. The molecule has 0 spiro atoms. The van der Waals surface area contributed by atoms with Crippen LogP contribution in [0.25, 0.3) is 10.3 Å². The second-order valence-electron chi connectivity index (χ2n) is 6.93. The lowest BCUT2D eigenvalue weighted by molar-refractivity contribution is -0.150. The normalized spacial score (nSPS) is 20.2. The van der Waals surface area contributed by atoms with Gasteiger partial charge in [0.1, 0.15) is 17.1 Å². The Morgan fingerprint density at radius 2 is 2.16 bits per heavy atom.